The molecular formula is C24H29NO3. The Kier molecular flexibility index (Phi) is 6.08. The number of aromatic nitrogens is 1. The zero-order chi connectivity index (χ0) is 20.1. The number of hydrogen-bond acceptors (Lipinski definition) is 3. The first-order chi connectivity index (χ1) is 13.5. The Morgan fingerprint density at radius 1 is 1.18 bits per heavy atom. The molecule has 1 aliphatic rings. The van der Waals surface area contributed by atoms with Gasteiger partial charge < -0.3 is 10.3 Å². The van der Waals surface area contributed by atoms with Gasteiger partial charge in [0.1, 0.15) is 5.75 Å². The summed E-state index contributed by atoms with van der Waals surface area (Å²) in [6.07, 6.45) is 12.4. The van der Waals surface area contributed by atoms with E-state index in [1.54, 1.807) is 6.07 Å². The molecule has 4 heteroatoms. The molecule has 1 aliphatic carbocycles. The van der Waals surface area contributed by atoms with Gasteiger partial charge in [-0.2, -0.15) is 4.73 Å². The van der Waals surface area contributed by atoms with Gasteiger partial charge >= 0.3 is 0 Å². The molecule has 0 bridgehead atoms. The van der Waals surface area contributed by atoms with Crippen LogP contribution in [0.5, 0.6) is 5.75 Å². The van der Waals surface area contributed by atoms with Crippen molar-refractivity contribution >= 4 is 0 Å². The van der Waals surface area contributed by atoms with Crippen molar-refractivity contribution in [3.63, 3.8) is 0 Å². The number of pyridine rings is 1. The molecule has 148 valence electrons. The van der Waals surface area contributed by atoms with E-state index in [2.05, 4.69) is 25.2 Å². The van der Waals surface area contributed by atoms with Gasteiger partial charge in [-0.05, 0) is 43.1 Å². The number of aromatic hydroxyl groups is 1. The lowest BCUT2D eigenvalue weighted by molar-refractivity contribution is 0.159. The topological polar surface area (TPSA) is 62.5 Å². The van der Waals surface area contributed by atoms with Crippen molar-refractivity contribution in [2.24, 2.45) is 5.41 Å². The predicted molar refractivity (Wildman–Crippen MR) is 112 cm³/mol. The van der Waals surface area contributed by atoms with Gasteiger partial charge in [0.25, 0.3) is 5.56 Å². The summed E-state index contributed by atoms with van der Waals surface area (Å²) < 4.78 is 0.729. The molecule has 1 heterocycles. The Balaban J connectivity index is 1.91. The minimum absolute atomic E-state index is 0.0365. The van der Waals surface area contributed by atoms with Crippen LogP contribution in [0, 0.1) is 5.41 Å². The van der Waals surface area contributed by atoms with Gasteiger partial charge in [0.15, 0.2) is 0 Å². The van der Waals surface area contributed by atoms with Crippen LogP contribution in [0.4, 0.5) is 0 Å². The SMILES string of the molecule is CCC(c1ccccc1)c1c(O)cc(CCC2(CC)C=CC=CC2)n(O)c1=O. The highest BCUT2D eigenvalue weighted by Crippen LogP contribution is 2.37. The molecule has 0 amide bonds. The van der Waals surface area contributed by atoms with Crippen LogP contribution >= 0.6 is 0 Å². The number of rotatable bonds is 7. The van der Waals surface area contributed by atoms with E-state index in [4.69, 9.17) is 0 Å². The van der Waals surface area contributed by atoms with E-state index in [1.807, 2.05) is 43.3 Å². The highest BCUT2D eigenvalue weighted by molar-refractivity contribution is 5.41. The molecule has 0 aliphatic heterocycles. The summed E-state index contributed by atoms with van der Waals surface area (Å²) in [5.74, 6) is -0.291. The van der Waals surface area contributed by atoms with E-state index in [0.29, 0.717) is 18.5 Å². The molecule has 2 atom stereocenters. The van der Waals surface area contributed by atoms with E-state index >= 15 is 0 Å². The van der Waals surface area contributed by atoms with Crippen molar-refractivity contribution in [1.29, 1.82) is 0 Å². The zero-order valence-corrected chi connectivity index (χ0v) is 16.6. The van der Waals surface area contributed by atoms with E-state index in [-0.39, 0.29) is 22.6 Å². The first-order valence-electron chi connectivity index (χ1n) is 10.1. The average molecular weight is 380 g/mol. The largest absolute Gasteiger partial charge is 0.507 e. The van der Waals surface area contributed by atoms with Crippen molar-refractivity contribution < 1.29 is 10.3 Å². The molecule has 0 saturated carbocycles. The van der Waals surface area contributed by atoms with Crippen molar-refractivity contribution in [3.8, 4) is 5.75 Å². The molecule has 1 aromatic heterocycles. The maximum absolute atomic E-state index is 12.9. The Bertz CT molecular complexity index is 927. The van der Waals surface area contributed by atoms with E-state index < -0.39 is 5.56 Å². The minimum Gasteiger partial charge on any atom is -0.507 e. The monoisotopic (exact) mass is 379 g/mol. The molecule has 0 spiro atoms. The van der Waals surface area contributed by atoms with Crippen LogP contribution in [0.2, 0.25) is 0 Å². The second kappa shape index (κ2) is 8.51. The van der Waals surface area contributed by atoms with Gasteiger partial charge in [-0.15, -0.1) is 0 Å². The zero-order valence-electron chi connectivity index (χ0n) is 16.6. The number of hydrogen-bond donors (Lipinski definition) is 2. The lowest BCUT2D eigenvalue weighted by Crippen LogP contribution is -2.28. The van der Waals surface area contributed by atoms with E-state index in [0.717, 1.165) is 29.6 Å². The molecule has 2 N–H and O–H groups in total. The highest BCUT2D eigenvalue weighted by atomic mass is 16.5. The smallest absolute Gasteiger partial charge is 0.290 e. The summed E-state index contributed by atoms with van der Waals surface area (Å²) >= 11 is 0. The molecule has 3 rings (SSSR count). The summed E-state index contributed by atoms with van der Waals surface area (Å²) in [6, 6.07) is 11.2. The predicted octanol–water partition coefficient (Wildman–Crippen LogP) is 5.18. The Labute approximate surface area is 166 Å². The first-order valence-corrected chi connectivity index (χ1v) is 10.1. The number of nitrogens with zero attached hydrogens (tertiary/aromatic N) is 1. The summed E-state index contributed by atoms with van der Waals surface area (Å²) in [4.78, 5) is 12.9. The maximum Gasteiger partial charge on any atom is 0.290 e. The quantitative estimate of drug-likeness (QED) is 0.652. The maximum atomic E-state index is 12.9. The molecule has 2 aromatic rings. The Morgan fingerprint density at radius 3 is 2.54 bits per heavy atom. The number of aryl methyl sites for hydroxylation is 1. The fourth-order valence-electron chi connectivity index (χ4n) is 4.16. The molecule has 0 fully saturated rings. The molecule has 4 nitrogen and oxygen atoms in total. The van der Waals surface area contributed by atoms with E-state index in [1.165, 1.54) is 0 Å². The number of allylic oxidation sites excluding steroid dienone is 4. The minimum atomic E-state index is -0.532. The normalized spacial score (nSPS) is 19.6. The molecule has 0 saturated heterocycles. The second-order valence-electron chi connectivity index (χ2n) is 7.63. The van der Waals surface area contributed by atoms with Crippen molar-refractivity contribution in [1.82, 2.24) is 4.73 Å². The van der Waals surface area contributed by atoms with Crippen molar-refractivity contribution in [2.75, 3.05) is 0 Å². The van der Waals surface area contributed by atoms with Crippen LogP contribution in [-0.4, -0.2) is 15.0 Å². The molecule has 1 aromatic carbocycles. The standard InChI is InChI=1S/C24H29NO3/c1-3-20(18-11-7-5-8-12-18)22-21(26)17-19(25(28)23(22)27)13-16-24(4-2)14-9-6-10-15-24/h5-12,14,17,20,26,28H,3-4,13,15-16H2,1-2H3. The van der Waals surface area contributed by atoms with Gasteiger partial charge in [0.2, 0.25) is 0 Å². The molecule has 2 unspecified atom stereocenters. The van der Waals surface area contributed by atoms with Crippen LogP contribution in [-0.2, 0) is 6.42 Å². The number of benzene rings is 1. The van der Waals surface area contributed by atoms with Gasteiger partial charge in [-0.1, -0.05) is 68.5 Å². The third-order valence-electron chi connectivity index (χ3n) is 6.04. The average Bonchev–Trinajstić information content (AvgIpc) is 2.74. The van der Waals surface area contributed by atoms with Crippen molar-refractivity contribution in [2.45, 2.75) is 51.9 Å². The van der Waals surface area contributed by atoms with Crippen LogP contribution in [0.1, 0.15) is 62.3 Å². The van der Waals surface area contributed by atoms with Crippen LogP contribution in [0.15, 0.2) is 65.5 Å². The summed E-state index contributed by atoms with van der Waals surface area (Å²) in [5, 5.41) is 21.2. The lowest BCUT2D eigenvalue weighted by atomic mass is 9.75. The van der Waals surface area contributed by atoms with Crippen LogP contribution < -0.4 is 5.56 Å². The summed E-state index contributed by atoms with van der Waals surface area (Å²) in [6.45, 7) is 4.13. The van der Waals surface area contributed by atoms with Crippen LogP contribution in [0.3, 0.4) is 0 Å². The lowest BCUT2D eigenvalue weighted by Gasteiger charge is -2.30. The van der Waals surface area contributed by atoms with Gasteiger partial charge in [0.05, 0.1) is 11.3 Å². The summed E-state index contributed by atoms with van der Waals surface area (Å²) in [5.41, 5.74) is 1.16. The second-order valence-corrected chi connectivity index (χ2v) is 7.63. The highest BCUT2D eigenvalue weighted by Gasteiger charge is 2.27. The Hall–Kier alpha value is -2.75. The van der Waals surface area contributed by atoms with Crippen molar-refractivity contribution in [3.05, 3.63) is 87.9 Å². The van der Waals surface area contributed by atoms with Gasteiger partial charge in [-0.3, -0.25) is 4.79 Å². The molecule has 0 radical (unpaired) electrons. The molecule has 28 heavy (non-hydrogen) atoms. The third kappa shape index (κ3) is 3.91. The summed E-state index contributed by atoms with van der Waals surface area (Å²) in [7, 11) is 0. The van der Waals surface area contributed by atoms with Gasteiger partial charge in [-0.25, -0.2) is 0 Å². The third-order valence-corrected chi connectivity index (χ3v) is 6.04. The fourth-order valence-corrected chi connectivity index (χ4v) is 4.16. The first kappa shape index (κ1) is 20.0. The fraction of sp³-hybridized carbons (Fsp3) is 0.375. The molecular weight excluding hydrogens is 350 g/mol. The Morgan fingerprint density at radius 2 is 1.93 bits per heavy atom. The van der Waals surface area contributed by atoms with Gasteiger partial charge in [0, 0.05) is 12.0 Å². The van der Waals surface area contributed by atoms with Crippen LogP contribution in [0.25, 0.3) is 0 Å². The van der Waals surface area contributed by atoms with E-state index in [9.17, 15) is 15.1 Å².